The van der Waals surface area contributed by atoms with Gasteiger partial charge in [0.1, 0.15) is 23.0 Å². The first-order valence-electron chi connectivity index (χ1n) is 17.6. The van der Waals surface area contributed by atoms with E-state index < -0.39 is 11.5 Å². The molecule has 10 heteroatoms. The van der Waals surface area contributed by atoms with Gasteiger partial charge >= 0.3 is 5.69 Å². The van der Waals surface area contributed by atoms with E-state index in [-0.39, 0.29) is 17.0 Å². The number of aromatic nitrogens is 3. The van der Waals surface area contributed by atoms with Crippen molar-refractivity contribution < 1.29 is 14.2 Å². The van der Waals surface area contributed by atoms with Crippen LogP contribution in [0, 0.1) is 24.1 Å². The number of piperazine rings is 1. The highest BCUT2D eigenvalue weighted by Gasteiger charge is 2.53. The van der Waals surface area contributed by atoms with Crippen LogP contribution in [0.5, 0.6) is 11.5 Å². The molecule has 50 heavy (non-hydrogen) atoms. The summed E-state index contributed by atoms with van der Waals surface area (Å²) in [6.07, 6.45) is 13.4. The minimum absolute atomic E-state index is 0.000666. The number of rotatable bonds is 2. The molecule has 3 aromatic carbocycles. The van der Waals surface area contributed by atoms with E-state index in [4.69, 9.17) is 11.2 Å². The molecule has 5 aliphatic rings. The molecule has 5 aromatic rings. The quantitative estimate of drug-likeness (QED) is 0.200. The van der Waals surface area contributed by atoms with Crippen LogP contribution in [0.1, 0.15) is 56.2 Å². The molecule has 9 nitrogen and oxygen atoms in total. The molecule has 2 bridgehead atoms. The Kier molecular flexibility index (Phi) is 7.34. The largest absolute Gasteiger partial charge is 0.508 e. The van der Waals surface area contributed by atoms with Crippen molar-refractivity contribution in [3.05, 3.63) is 88.2 Å². The van der Waals surface area contributed by atoms with Gasteiger partial charge in [0.25, 0.3) is 0 Å². The van der Waals surface area contributed by atoms with E-state index in [1.165, 1.54) is 43.6 Å². The molecule has 4 unspecified atom stereocenters. The summed E-state index contributed by atoms with van der Waals surface area (Å²) in [6.45, 7) is 6.03. The maximum Gasteiger partial charge on any atom is 0.347 e. The Morgan fingerprint density at radius 2 is 1.94 bits per heavy atom. The fraction of sp³-hybridized carbons (Fsp3) is 0.375. The normalized spacial score (nSPS) is 26.5. The van der Waals surface area contributed by atoms with Crippen LogP contribution >= 0.6 is 0 Å². The maximum absolute atomic E-state index is 15.9. The molecule has 7 heterocycles. The predicted molar refractivity (Wildman–Crippen MR) is 192 cm³/mol. The third-order valence-corrected chi connectivity index (χ3v) is 11.6. The fourth-order valence-electron chi connectivity index (χ4n) is 9.48. The van der Waals surface area contributed by atoms with Gasteiger partial charge in [0, 0.05) is 70.9 Å². The number of nitrogens with one attached hydrogen (secondary N) is 2. The van der Waals surface area contributed by atoms with Gasteiger partial charge in [-0.1, -0.05) is 36.3 Å². The Morgan fingerprint density at radius 1 is 1.12 bits per heavy atom. The number of para-hydroxylation sites is 1. The summed E-state index contributed by atoms with van der Waals surface area (Å²) in [5.74, 6) is 4.16. The van der Waals surface area contributed by atoms with Gasteiger partial charge in [-0.3, -0.25) is 9.88 Å². The number of aromatic amines is 1. The van der Waals surface area contributed by atoms with E-state index in [0.29, 0.717) is 75.8 Å². The molecule has 0 spiro atoms. The number of anilines is 1. The van der Waals surface area contributed by atoms with Crippen LogP contribution in [0.2, 0.25) is 0 Å². The number of aromatic hydroxyl groups is 1. The number of hydrogen-bond acceptors (Lipinski definition) is 8. The van der Waals surface area contributed by atoms with Crippen molar-refractivity contribution in [2.75, 3.05) is 31.1 Å². The second kappa shape index (κ2) is 11.8. The van der Waals surface area contributed by atoms with Gasteiger partial charge in [-0.25, -0.2) is 9.18 Å². The molecule has 0 radical (unpaired) electrons. The number of hydrogen-bond donors (Lipinski definition) is 3. The van der Waals surface area contributed by atoms with E-state index in [2.05, 4.69) is 62.3 Å². The van der Waals surface area contributed by atoms with Crippen LogP contribution in [0.15, 0.2) is 65.6 Å². The van der Waals surface area contributed by atoms with Crippen LogP contribution < -0.4 is 20.6 Å². The zero-order valence-electron chi connectivity index (χ0n) is 28.0. The van der Waals surface area contributed by atoms with Gasteiger partial charge in [0.05, 0.1) is 17.5 Å². The topological polar surface area (TPSA) is 107 Å². The smallest absolute Gasteiger partial charge is 0.347 e. The highest BCUT2D eigenvalue weighted by atomic mass is 19.1. The first kappa shape index (κ1) is 31.0. The number of ether oxygens (including phenoxy) is 1. The standard InChI is InChI=1S/C25H20FN5O2.C15H19NO/c1-2-13-4-3-5-14-8-17(32)9-18(20(13)14)22-21(26)23-19(10-27-22)24(30-25(33)29-23)31-11-15-6-7-16(12-31)28-15;1-15-7-4-8-16(15)14-11(9-15)10-17-13-6-3-2-5-12(13)14/h1,3-5,8-10,15-16,28,32H,6-7,11-12H2,(H,29,30,33);2-3,5-6,11,14H,4,7-10H2,1H3/t;11?,14?,15-/m.0/s1. The summed E-state index contributed by atoms with van der Waals surface area (Å²) in [4.78, 5) is 28.4. The Labute approximate surface area is 289 Å². The van der Waals surface area contributed by atoms with Crippen molar-refractivity contribution in [1.29, 1.82) is 0 Å². The molecule has 0 saturated carbocycles. The van der Waals surface area contributed by atoms with Gasteiger partial charge in [-0.2, -0.15) is 4.98 Å². The zero-order chi connectivity index (χ0) is 34.1. The molecule has 0 aliphatic carbocycles. The number of terminal acetylenes is 1. The second-order valence-corrected chi connectivity index (χ2v) is 14.7. The van der Waals surface area contributed by atoms with Crippen molar-refractivity contribution in [2.24, 2.45) is 5.92 Å². The Hall–Kier alpha value is -4.98. The van der Waals surface area contributed by atoms with Gasteiger partial charge in [-0.15, -0.1) is 6.42 Å². The van der Waals surface area contributed by atoms with Gasteiger partial charge in [0.15, 0.2) is 5.82 Å². The second-order valence-electron chi connectivity index (χ2n) is 14.7. The number of halogens is 1. The van der Waals surface area contributed by atoms with Crippen LogP contribution in [0.25, 0.3) is 32.9 Å². The van der Waals surface area contributed by atoms with Crippen molar-refractivity contribution in [3.63, 3.8) is 0 Å². The van der Waals surface area contributed by atoms with Gasteiger partial charge < -0.3 is 25.0 Å². The summed E-state index contributed by atoms with van der Waals surface area (Å²) in [5.41, 5.74) is 2.20. The van der Waals surface area contributed by atoms with E-state index in [9.17, 15) is 9.90 Å². The first-order valence-corrected chi connectivity index (χ1v) is 17.6. The molecule has 10 rings (SSSR count). The monoisotopic (exact) mass is 670 g/mol. The highest BCUT2D eigenvalue weighted by Crippen LogP contribution is 2.55. The summed E-state index contributed by atoms with van der Waals surface area (Å²) in [6, 6.07) is 18.2. The summed E-state index contributed by atoms with van der Waals surface area (Å²) >= 11 is 0. The first-order chi connectivity index (χ1) is 24.3. The van der Waals surface area contributed by atoms with Crippen LogP contribution in [-0.4, -0.2) is 68.8 Å². The minimum atomic E-state index is -0.690. The molecule has 0 amide bonds. The molecular weight excluding hydrogens is 631 g/mol. The lowest BCUT2D eigenvalue weighted by atomic mass is 9.87. The van der Waals surface area contributed by atoms with Crippen molar-refractivity contribution >= 4 is 27.5 Å². The molecular formula is C40H39FN6O3. The zero-order valence-corrected chi connectivity index (χ0v) is 28.0. The Bertz CT molecular complexity index is 2250. The molecule has 4 saturated heterocycles. The number of fused-ring (bicyclic) bond motifs is 9. The Balaban J connectivity index is 0.000000165. The number of phenolic OH excluding ortho intramolecular Hbond substituents is 1. The van der Waals surface area contributed by atoms with Gasteiger partial charge in [-0.05, 0) is 75.2 Å². The SMILES string of the molecule is C#Cc1cccc2cc(O)cc(-c3ncc4c(N5CC6CCC(C5)N6)nc(=O)[nH]c4c3F)c12.C[C@@]12CCCN1C1c3ccccc3OCC1C2. The van der Waals surface area contributed by atoms with Crippen LogP contribution in [0.4, 0.5) is 10.2 Å². The third-order valence-electron chi connectivity index (χ3n) is 11.6. The van der Waals surface area contributed by atoms with Crippen molar-refractivity contribution in [2.45, 2.75) is 62.7 Å². The molecule has 5 aliphatic heterocycles. The fourth-order valence-corrected chi connectivity index (χ4v) is 9.48. The van der Waals surface area contributed by atoms with E-state index in [1.807, 2.05) is 4.90 Å². The highest BCUT2D eigenvalue weighted by molar-refractivity contribution is 6.02. The summed E-state index contributed by atoms with van der Waals surface area (Å²) in [7, 11) is 0. The van der Waals surface area contributed by atoms with Crippen molar-refractivity contribution in [3.8, 4) is 35.1 Å². The van der Waals surface area contributed by atoms with E-state index in [0.717, 1.165) is 25.2 Å². The lowest BCUT2D eigenvalue weighted by Crippen LogP contribution is -2.51. The molecule has 2 aromatic heterocycles. The maximum atomic E-state index is 15.9. The molecule has 254 valence electrons. The lowest BCUT2D eigenvalue weighted by molar-refractivity contribution is 0.129. The number of pyridine rings is 1. The van der Waals surface area contributed by atoms with E-state index in [1.54, 1.807) is 24.3 Å². The van der Waals surface area contributed by atoms with Gasteiger partial charge in [0.2, 0.25) is 0 Å². The number of nitrogens with zero attached hydrogens (tertiary/aromatic N) is 4. The van der Waals surface area contributed by atoms with Crippen LogP contribution in [0.3, 0.4) is 0 Å². The Morgan fingerprint density at radius 3 is 2.76 bits per heavy atom. The van der Waals surface area contributed by atoms with Crippen LogP contribution in [-0.2, 0) is 0 Å². The number of phenols is 1. The molecule has 4 fully saturated rings. The summed E-state index contributed by atoms with van der Waals surface area (Å²) in [5, 5.41) is 15.5. The third kappa shape index (κ3) is 5.02. The van der Waals surface area contributed by atoms with Crippen molar-refractivity contribution in [1.82, 2.24) is 25.2 Å². The predicted octanol–water partition coefficient (Wildman–Crippen LogP) is 5.90. The number of H-pyrrole nitrogens is 1. The molecule has 3 N–H and O–H groups in total. The minimum Gasteiger partial charge on any atom is -0.508 e. The molecule has 5 atom stereocenters. The number of benzene rings is 3. The summed E-state index contributed by atoms with van der Waals surface area (Å²) < 4.78 is 21.8. The average Bonchev–Trinajstić information content (AvgIpc) is 3.76. The van der Waals surface area contributed by atoms with E-state index >= 15 is 4.39 Å². The average molecular weight is 671 g/mol. The lowest BCUT2D eigenvalue weighted by Gasteiger charge is -2.35.